The van der Waals surface area contributed by atoms with E-state index in [1.165, 1.54) is 42.3 Å². The predicted octanol–water partition coefficient (Wildman–Crippen LogP) is 4.88. The largest absolute Gasteiger partial charge is 0.383 e. The Morgan fingerprint density at radius 1 is 1.02 bits per heavy atom. The van der Waals surface area contributed by atoms with Crippen molar-refractivity contribution < 1.29 is 23.6 Å². The molecular formula is C30H31FN4O5. The zero-order chi connectivity index (χ0) is 28.6. The second-order valence-electron chi connectivity index (χ2n) is 9.53. The van der Waals surface area contributed by atoms with Crippen LogP contribution in [-0.2, 0) is 22.5 Å². The summed E-state index contributed by atoms with van der Waals surface area (Å²) in [6.45, 7) is 2.23. The SMILES string of the molecule is COCCN(CC(=O)N(CCc1c[nH]c2ccccc12)Cc1ccc(F)cc1)C(=O)c1ccc(C)c([N+](=O)[O-])c1. The minimum absolute atomic E-state index is 0.116. The van der Waals surface area contributed by atoms with E-state index in [1.807, 2.05) is 30.5 Å². The molecule has 0 fully saturated rings. The van der Waals surface area contributed by atoms with Crippen molar-refractivity contribution in [2.24, 2.45) is 0 Å². The van der Waals surface area contributed by atoms with Crippen LogP contribution in [0.1, 0.15) is 27.0 Å². The van der Waals surface area contributed by atoms with Gasteiger partial charge in [-0.3, -0.25) is 19.7 Å². The molecule has 0 aliphatic carbocycles. The molecule has 1 heterocycles. The minimum atomic E-state index is -0.536. The molecule has 0 unspecified atom stereocenters. The van der Waals surface area contributed by atoms with Crippen molar-refractivity contribution in [1.29, 1.82) is 0 Å². The van der Waals surface area contributed by atoms with Gasteiger partial charge in [-0.15, -0.1) is 0 Å². The number of benzene rings is 3. The fourth-order valence-corrected chi connectivity index (χ4v) is 4.53. The molecule has 0 aliphatic rings. The van der Waals surface area contributed by atoms with Gasteiger partial charge in [-0.05, 0) is 48.7 Å². The van der Waals surface area contributed by atoms with Gasteiger partial charge in [0.2, 0.25) is 5.91 Å². The lowest BCUT2D eigenvalue weighted by Crippen LogP contribution is -2.44. The number of fused-ring (bicyclic) bond motifs is 1. The fourth-order valence-electron chi connectivity index (χ4n) is 4.53. The molecule has 0 saturated carbocycles. The van der Waals surface area contributed by atoms with Crippen LogP contribution < -0.4 is 0 Å². The summed E-state index contributed by atoms with van der Waals surface area (Å²) in [5.74, 6) is -1.19. The van der Waals surface area contributed by atoms with Crippen LogP contribution in [0.15, 0.2) is 72.9 Å². The second kappa shape index (κ2) is 13.0. The van der Waals surface area contributed by atoms with Crippen LogP contribution in [0.3, 0.4) is 0 Å². The Bertz CT molecular complexity index is 1500. The molecule has 10 heteroatoms. The summed E-state index contributed by atoms with van der Waals surface area (Å²) in [6.07, 6.45) is 2.48. The molecule has 0 aliphatic heterocycles. The summed E-state index contributed by atoms with van der Waals surface area (Å²) in [6, 6.07) is 18.1. The average molecular weight is 547 g/mol. The van der Waals surface area contributed by atoms with Crippen LogP contribution in [-0.4, -0.2) is 64.9 Å². The summed E-state index contributed by atoms with van der Waals surface area (Å²) in [4.78, 5) is 44.2. The van der Waals surface area contributed by atoms with Gasteiger partial charge >= 0.3 is 0 Å². The Hall–Kier alpha value is -4.57. The number of nitrogens with one attached hydrogen (secondary N) is 1. The Kier molecular flexibility index (Phi) is 9.23. The summed E-state index contributed by atoms with van der Waals surface area (Å²) in [5.41, 5.74) is 3.18. The van der Waals surface area contributed by atoms with E-state index in [0.717, 1.165) is 22.0 Å². The molecule has 0 saturated heterocycles. The van der Waals surface area contributed by atoms with E-state index in [4.69, 9.17) is 4.74 Å². The first-order chi connectivity index (χ1) is 19.3. The Balaban J connectivity index is 1.57. The van der Waals surface area contributed by atoms with Gasteiger partial charge in [0, 0.05) is 61.0 Å². The standard InChI is InChI=1S/C30H31FN4O5/c1-21-7-10-23(17-28(21)35(38)39)30(37)34(15-16-40-2)20-29(36)33(19-22-8-11-25(31)12-9-22)14-13-24-18-32-27-6-4-3-5-26(24)27/h3-12,17-18,32H,13-16,19-20H2,1-2H3. The van der Waals surface area contributed by atoms with Gasteiger partial charge in [-0.1, -0.05) is 36.4 Å². The summed E-state index contributed by atoms with van der Waals surface area (Å²) >= 11 is 0. The number of nitro benzene ring substituents is 1. The molecule has 2 amide bonds. The fraction of sp³-hybridized carbons (Fsp3) is 0.267. The van der Waals surface area contributed by atoms with Crippen molar-refractivity contribution in [3.8, 4) is 0 Å². The third kappa shape index (κ3) is 6.89. The average Bonchev–Trinajstić information content (AvgIpc) is 3.37. The van der Waals surface area contributed by atoms with Crippen molar-refractivity contribution in [1.82, 2.24) is 14.8 Å². The van der Waals surface area contributed by atoms with Gasteiger partial charge in [0.1, 0.15) is 12.4 Å². The van der Waals surface area contributed by atoms with Crippen molar-refractivity contribution >= 4 is 28.4 Å². The molecule has 0 atom stereocenters. The number of ether oxygens (including phenoxy) is 1. The summed E-state index contributed by atoms with van der Waals surface area (Å²) < 4.78 is 18.7. The highest BCUT2D eigenvalue weighted by atomic mass is 19.1. The third-order valence-corrected chi connectivity index (χ3v) is 6.80. The monoisotopic (exact) mass is 546 g/mol. The number of carbonyl (C=O) groups excluding carboxylic acids is 2. The number of carbonyl (C=O) groups is 2. The molecule has 0 radical (unpaired) electrons. The number of hydrogen-bond donors (Lipinski definition) is 1. The Labute approximate surface area is 231 Å². The zero-order valence-corrected chi connectivity index (χ0v) is 22.4. The van der Waals surface area contributed by atoms with Gasteiger partial charge in [-0.25, -0.2) is 4.39 Å². The van der Waals surface area contributed by atoms with E-state index in [9.17, 15) is 24.1 Å². The number of methoxy groups -OCH3 is 1. The highest BCUT2D eigenvalue weighted by molar-refractivity contribution is 5.97. The number of rotatable bonds is 12. The van der Waals surface area contributed by atoms with Crippen LogP contribution in [0.4, 0.5) is 10.1 Å². The van der Waals surface area contributed by atoms with E-state index in [-0.39, 0.29) is 49.2 Å². The number of nitro groups is 1. The van der Waals surface area contributed by atoms with Gasteiger partial charge in [-0.2, -0.15) is 0 Å². The number of aryl methyl sites for hydroxylation is 1. The number of amides is 2. The maximum absolute atomic E-state index is 13.7. The van der Waals surface area contributed by atoms with Gasteiger partial charge in [0.05, 0.1) is 11.5 Å². The number of para-hydroxylation sites is 1. The van der Waals surface area contributed by atoms with Crippen molar-refractivity contribution in [3.63, 3.8) is 0 Å². The maximum atomic E-state index is 13.7. The number of aromatic nitrogens is 1. The van der Waals surface area contributed by atoms with Crippen LogP contribution in [0.5, 0.6) is 0 Å². The van der Waals surface area contributed by atoms with Gasteiger partial charge < -0.3 is 19.5 Å². The molecule has 3 aromatic carbocycles. The minimum Gasteiger partial charge on any atom is -0.383 e. The lowest BCUT2D eigenvalue weighted by atomic mass is 10.1. The molecule has 4 rings (SSSR count). The van der Waals surface area contributed by atoms with E-state index < -0.39 is 10.8 Å². The quantitative estimate of drug-likeness (QED) is 0.201. The van der Waals surface area contributed by atoms with Crippen molar-refractivity contribution in [2.45, 2.75) is 19.9 Å². The molecule has 1 aromatic heterocycles. The van der Waals surface area contributed by atoms with Crippen LogP contribution in [0.2, 0.25) is 0 Å². The maximum Gasteiger partial charge on any atom is 0.273 e. The van der Waals surface area contributed by atoms with Gasteiger partial charge in [0.15, 0.2) is 0 Å². The molecule has 9 nitrogen and oxygen atoms in total. The van der Waals surface area contributed by atoms with Crippen molar-refractivity contribution in [2.75, 3.05) is 33.4 Å². The topological polar surface area (TPSA) is 109 Å². The zero-order valence-electron chi connectivity index (χ0n) is 22.4. The highest BCUT2D eigenvalue weighted by Crippen LogP contribution is 2.21. The van der Waals surface area contributed by atoms with Crippen LogP contribution in [0.25, 0.3) is 10.9 Å². The number of H-pyrrole nitrogens is 1. The van der Waals surface area contributed by atoms with E-state index in [2.05, 4.69) is 4.98 Å². The number of halogens is 1. The van der Waals surface area contributed by atoms with E-state index in [0.29, 0.717) is 18.5 Å². The normalized spacial score (nSPS) is 11.0. The smallest absolute Gasteiger partial charge is 0.273 e. The molecule has 0 bridgehead atoms. The summed E-state index contributed by atoms with van der Waals surface area (Å²) in [7, 11) is 1.49. The van der Waals surface area contributed by atoms with E-state index >= 15 is 0 Å². The third-order valence-electron chi connectivity index (χ3n) is 6.80. The van der Waals surface area contributed by atoms with Crippen molar-refractivity contribution in [3.05, 3.63) is 111 Å². The van der Waals surface area contributed by atoms with E-state index in [1.54, 1.807) is 24.0 Å². The summed E-state index contributed by atoms with van der Waals surface area (Å²) in [5, 5.41) is 12.5. The molecule has 208 valence electrons. The Morgan fingerprint density at radius 3 is 2.50 bits per heavy atom. The van der Waals surface area contributed by atoms with Gasteiger partial charge in [0.25, 0.3) is 11.6 Å². The number of aromatic amines is 1. The molecular weight excluding hydrogens is 515 g/mol. The first-order valence-corrected chi connectivity index (χ1v) is 12.9. The van der Waals surface area contributed by atoms with Crippen LogP contribution >= 0.6 is 0 Å². The first kappa shape index (κ1) is 28.4. The second-order valence-corrected chi connectivity index (χ2v) is 9.53. The predicted molar refractivity (Wildman–Crippen MR) is 149 cm³/mol. The molecule has 1 N–H and O–H groups in total. The lowest BCUT2D eigenvalue weighted by Gasteiger charge is -2.28. The lowest BCUT2D eigenvalue weighted by molar-refractivity contribution is -0.385. The number of nitrogens with zero attached hydrogens (tertiary/aromatic N) is 3. The molecule has 40 heavy (non-hydrogen) atoms. The Morgan fingerprint density at radius 2 is 1.77 bits per heavy atom. The first-order valence-electron chi connectivity index (χ1n) is 12.9. The number of hydrogen-bond acceptors (Lipinski definition) is 5. The van der Waals surface area contributed by atoms with Crippen LogP contribution in [0, 0.1) is 22.9 Å². The molecule has 4 aromatic rings. The molecule has 0 spiro atoms. The highest BCUT2D eigenvalue weighted by Gasteiger charge is 2.24.